The zero-order valence-electron chi connectivity index (χ0n) is 12.0. The van der Waals surface area contributed by atoms with Gasteiger partial charge in [0, 0.05) is 51.4 Å². The van der Waals surface area contributed by atoms with Gasteiger partial charge in [0.25, 0.3) is 0 Å². The third-order valence-electron chi connectivity index (χ3n) is 3.05. The smallest absolute Gasteiger partial charge is 0.0271 e. The van der Waals surface area contributed by atoms with Crippen LogP contribution in [-0.4, -0.2) is 70.3 Å². The topological polar surface area (TPSA) is 65.3 Å². The van der Waals surface area contributed by atoms with Crippen LogP contribution in [0.1, 0.15) is 13.8 Å². The molecule has 0 aliphatic heterocycles. The van der Waals surface area contributed by atoms with E-state index >= 15 is 0 Å². The van der Waals surface area contributed by atoms with Gasteiger partial charge in [0.05, 0.1) is 0 Å². The zero-order valence-corrected chi connectivity index (χ0v) is 12.0. The Balaban J connectivity index is 3.24. The molecule has 0 unspecified atom stereocenters. The summed E-state index contributed by atoms with van der Waals surface area (Å²) in [6, 6.07) is 0. The van der Waals surface area contributed by atoms with Gasteiger partial charge in [-0.25, -0.2) is 0 Å². The van der Waals surface area contributed by atoms with Crippen molar-refractivity contribution >= 4 is 0 Å². The van der Waals surface area contributed by atoms with Crippen LogP contribution in [0.5, 0.6) is 0 Å². The molecule has 0 amide bonds. The van der Waals surface area contributed by atoms with E-state index in [9.17, 15) is 0 Å². The summed E-state index contributed by atoms with van der Waals surface area (Å²) in [5.41, 5.74) is 5.59. The second kappa shape index (κ2) is 9.79. The predicted octanol–water partition coefficient (Wildman–Crippen LogP) is -0.946. The van der Waals surface area contributed by atoms with Crippen LogP contribution < -0.4 is 21.7 Å². The molecule has 0 bridgehead atoms. The van der Waals surface area contributed by atoms with E-state index in [1.54, 1.807) is 0 Å². The first-order valence-corrected chi connectivity index (χ1v) is 6.50. The lowest BCUT2D eigenvalue weighted by molar-refractivity contribution is 0.190. The quantitative estimate of drug-likeness (QED) is 0.354. The van der Waals surface area contributed by atoms with Crippen molar-refractivity contribution in [2.24, 2.45) is 5.73 Å². The van der Waals surface area contributed by atoms with Gasteiger partial charge in [-0.3, -0.25) is 0 Å². The van der Waals surface area contributed by atoms with Crippen LogP contribution in [0, 0.1) is 0 Å². The fourth-order valence-electron chi connectivity index (χ4n) is 1.26. The first kappa shape index (κ1) is 16.8. The van der Waals surface area contributed by atoms with E-state index in [0.29, 0.717) is 6.54 Å². The SMILES string of the molecule is CN(C)C(C)(C)CNCCNCCNCCN. The van der Waals surface area contributed by atoms with Gasteiger partial charge in [0.1, 0.15) is 0 Å². The van der Waals surface area contributed by atoms with Crippen LogP contribution in [0.4, 0.5) is 0 Å². The number of likely N-dealkylation sites (N-methyl/N-ethyl adjacent to an activating group) is 1. The Hall–Kier alpha value is -0.200. The average molecular weight is 245 g/mol. The van der Waals surface area contributed by atoms with E-state index in [2.05, 4.69) is 48.8 Å². The molecular weight excluding hydrogens is 214 g/mol. The highest BCUT2D eigenvalue weighted by Gasteiger charge is 2.18. The van der Waals surface area contributed by atoms with E-state index in [0.717, 1.165) is 39.3 Å². The maximum atomic E-state index is 5.38. The molecule has 17 heavy (non-hydrogen) atoms. The van der Waals surface area contributed by atoms with E-state index in [1.165, 1.54) is 0 Å². The summed E-state index contributed by atoms with van der Waals surface area (Å²) in [4.78, 5) is 2.24. The van der Waals surface area contributed by atoms with Crippen molar-refractivity contribution in [1.29, 1.82) is 0 Å². The molecule has 0 aliphatic carbocycles. The van der Waals surface area contributed by atoms with Crippen LogP contribution in [0.3, 0.4) is 0 Å². The van der Waals surface area contributed by atoms with Gasteiger partial charge >= 0.3 is 0 Å². The first-order valence-electron chi connectivity index (χ1n) is 6.50. The average Bonchev–Trinajstić information content (AvgIpc) is 2.26. The van der Waals surface area contributed by atoms with Gasteiger partial charge in [-0.05, 0) is 27.9 Å². The van der Waals surface area contributed by atoms with Crippen molar-refractivity contribution < 1.29 is 0 Å². The summed E-state index contributed by atoms with van der Waals surface area (Å²) in [5, 5.41) is 10.1. The van der Waals surface area contributed by atoms with Gasteiger partial charge in [0.2, 0.25) is 0 Å². The Morgan fingerprint density at radius 3 is 1.82 bits per heavy atom. The fraction of sp³-hybridized carbons (Fsp3) is 1.00. The van der Waals surface area contributed by atoms with Gasteiger partial charge in [-0.1, -0.05) is 0 Å². The van der Waals surface area contributed by atoms with Crippen LogP contribution in [0.25, 0.3) is 0 Å². The summed E-state index contributed by atoms with van der Waals surface area (Å²) in [6.45, 7) is 11.1. The molecule has 0 rings (SSSR count). The molecule has 0 spiro atoms. The molecule has 5 nitrogen and oxygen atoms in total. The van der Waals surface area contributed by atoms with Gasteiger partial charge in [-0.2, -0.15) is 0 Å². The summed E-state index contributed by atoms with van der Waals surface area (Å²) in [6.07, 6.45) is 0. The first-order chi connectivity index (χ1) is 8.00. The lowest BCUT2D eigenvalue weighted by Gasteiger charge is -2.32. The molecule has 0 radical (unpaired) electrons. The van der Waals surface area contributed by atoms with Gasteiger partial charge in [-0.15, -0.1) is 0 Å². The van der Waals surface area contributed by atoms with E-state index < -0.39 is 0 Å². The van der Waals surface area contributed by atoms with E-state index in [4.69, 9.17) is 5.73 Å². The third kappa shape index (κ3) is 9.50. The maximum Gasteiger partial charge on any atom is 0.0271 e. The molecule has 0 aromatic rings. The van der Waals surface area contributed by atoms with Crippen molar-refractivity contribution in [3.05, 3.63) is 0 Å². The number of hydrogen-bond donors (Lipinski definition) is 4. The minimum atomic E-state index is 0.211. The van der Waals surface area contributed by atoms with E-state index in [1.807, 2.05) is 0 Å². The molecule has 0 atom stereocenters. The molecular formula is C12H31N5. The Morgan fingerprint density at radius 1 is 0.882 bits per heavy atom. The summed E-state index contributed by atoms with van der Waals surface area (Å²) >= 11 is 0. The molecule has 0 fully saturated rings. The highest BCUT2D eigenvalue weighted by atomic mass is 15.2. The highest BCUT2D eigenvalue weighted by molar-refractivity contribution is 4.79. The molecule has 0 aromatic heterocycles. The Bertz CT molecular complexity index is 170. The summed E-state index contributed by atoms with van der Waals surface area (Å²) in [5.74, 6) is 0. The van der Waals surface area contributed by atoms with Crippen molar-refractivity contribution in [3.63, 3.8) is 0 Å². The van der Waals surface area contributed by atoms with Crippen molar-refractivity contribution in [2.45, 2.75) is 19.4 Å². The lowest BCUT2D eigenvalue weighted by Crippen LogP contribution is -2.47. The van der Waals surface area contributed by atoms with Crippen molar-refractivity contribution in [2.75, 3.05) is 59.9 Å². The Morgan fingerprint density at radius 2 is 1.35 bits per heavy atom. The second-order valence-corrected chi connectivity index (χ2v) is 5.17. The molecule has 0 saturated heterocycles. The molecule has 0 aromatic carbocycles. The molecule has 104 valence electrons. The minimum absolute atomic E-state index is 0.211. The number of hydrogen-bond acceptors (Lipinski definition) is 5. The van der Waals surface area contributed by atoms with Crippen LogP contribution >= 0.6 is 0 Å². The standard InChI is InChI=1S/C12H31N5/c1-12(2,17(3)4)11-16-10-9-15-8-7-14-6-5-13/h14-16H,5-11,13H2,1-4H3. The third-order valence-corrected chi connectivity index (χ3v) is 3.05. The molecule has 5 heteroatoms. The second-order valence-electron chi connectivity index (χ2n) is 5.17. The predicted molar refractivity (Wildman–Crippen MR) is 75.4 cm³/mol. The largest absolute Gasteiger partial charge is 0.329 e. The molecule has 0 saturated carbocycles. The number of nitrogens with zero attached hydrogens (tertiary/aromatic N) is 1. The van der Waals surface area contributed by atoms with Crippen molar-refractivity contribution in [3.8, 4) is 0 Å². The molecule has 0 heterocycles. The van der Waals surface area contributed by atoms with Crippen LogP contribution in [-0.2, 0) is 0 Å². The van der Waals surface area contributed by atoms with E-state index in [-0.39, 0.29) is 5.54 Å². The van der Waals surface area contributed by atoms with Crippen molar-refractivity contribution in [1.82, 2.24) is 20.9 Å². The number of nitrogens with one attached hydrogen (secondary N) is 3. The van der Waals surface area contributed by atoms with Gasteiger partial charge in [0.15, 0.2) is 0 Å². The Kier molecular flexibility index (Phi) is 9.68. The Labute approximate surface area is 107 Å². The molecule has 0 aliphatic rings. The maximum absolute atomic E-state index is 5.38. The van der Waals surface area contributed by atoms with Crippen LogP contribution in [0.2, 0.25) is 0 Å². The monoisotopic (exact) mass is 245 g/mol. The highest BCUT2D eigenvalue weighted by Crippen LogP contribution is 2.07. The zero-order chi connectivity index (χ0) is 13.1. The number of nitrogens with two attached hydrogens (primary N) is 1. The number of rotatable bonds is 11. The summed E-state index contributed by atoms with van der Waals surface area (Å²) in [7, 11) is 4.23. The normalized spacial score (nSPS) is 12.4. The van der Waals surface area contributed by atoms with Crippen LogP contribution in [0.15, 0.2) is 0 Å². The fourth-order valence-corrected chi connectivity index (χ4v) is 1.26. The van der Waals surface area contributed by atoms with Gasteiger partial charge < -0.3 is 26.6 Å². The minimum Gasteiger partial charge on any atom is -0.329 e. The lowest BCUT2D eigenvalue weighted by atomic mass is 10.0. The summed E-state index contributed by atoms with van der Waals surface area (Å²) < 4.78 is 0. The molecule has 5 N–H and O–H groups in total.